The summed E-state index contributed by atoms with van der Waals surface area (Å²) < 4.78 is 31.7. The number of benzene rings is 1. The summed E-state index contributed by atoms with van der Waals surface area (Å²) in [4.78, 5) is 11.8. The molecule has 2 N–H and O–H groups in total. The van der Waals surface area contributed by atoms with Gasteiger partial charge in [-0.3, -0.25) is 0 Å². The molecule has 1 unspecified atom stereocenters. The first-order valence-electron chi connectivity index (χ1n) is 8.39. The fourth-order valence-electron chi connectivity index (χ4n) is 3.69. The van der Waals surface area contributed by atoms with Crippen LogP contribution in [0.3, 0.4) is 0 Å². The molecule has 1 fully saturated rings. The van der Waals surface area contributed by atoms with Gasteiger partial charge in [-0.15, -0.1) is 0 Å². The largest absolute Gasteiger partial charge is 0.433 e. The van der Waals surface area contributed by atoms with Crippen molar-refractivity contribution in [3.8, 4) is 0 Å². The molecule has 1 aromatic carbocycles. The monoisotopic (exact) mass is 347 g/mol. The second-order valence-electron chi connectivity index (χ2n) is 6.14. The molecule has 0 aliphatic heterocycles. The lowest BCUT2D eigenvalue weighted by Gasteiger charge is -2.43. The first-order valence-corrected chi connectivity index (χ1v) is 8.39. The van der Waals surface area contributed by atoms with Crippen LogP contribution in [-0.4, -0.2) is 6.09 Å². The van der Waals surface area contributed by atoms with E-state index in [1.54, 1.807) is 12.1 Å². The lowest BCUT2D eigenvalue weighted by atomic mass is 9.69. The van der Waals surface area contributed by atoms with E-state index in [1.807, 2.05) is 0 Å². The van der Waals surface area contributed by atoms with Gasteiger partial charge in [-0.05, 0) is 36.6 Å². The highest BCUT2D eigenvalue weighted by atomic mass is 19.1. The topological polar surface area (TPSA) is 52.3 Å². The van der Waals surface area contributed by atoms with Gasteiger partial charge in [-0.25, -0.2) is 13.6 Å². The summed E-state index contributed by atoms with van der Waals surface area (Å²) >= 11 is 0. The number of carbonyl (C=O) groups is 1. The van der Waals surface area contributed by atoms with Crippen molar-refractivity contribution in [3.05, 3.63) is 72.4 Å². The molecule has 1 saturated carbocycles. The quantitative estimate of drug-likeness (QED) is 0.711. The van der Waals surface area contributed by atoms with Crippen LogP contribution in [0.25, 0.3) is 0 Å². The van der Waals surface area contributed by atoms with Crippen LogP contribution in [0, 0.1) is 11.7 Å². The predicted octanol–water partition coefficient (Wildman–Crippen LogP) is 5.29. The Morgan fingerprint density at radius 3 is 2.40 bits per heavy atom. The first-order chi connectivity index (χ1) is 12.0. The van der Waals surface area contributed by atoms with Crippen molar-refractivity contribution in [2.24, 2.45) is 11.7 Å². The molecule has 0 spiro atoms. The molecule has 0 aromatic heterocycles. The molecular weight excluding hydrogens is 324 g/mol. The molecule has 1 amide bonds. The fraction of sp³-hybridized carbons (Fsp3) is 0.350. The Bertz CT molecular complexity index is 661. The number of hydrogen-bond acceptors (Lipinski definition) is 2. The minimum Gasteiger partial charge on any atom is -0.433 e. The number of amides is 1. The number of allylic oxidation sites excluding steroid dienone is 2. The second kappa shape index (κ2) is 8.60. The lowest BCUT2D eigenvalue weighted by molar-refractivity contribution is -0.0163. The third kappa shape index (κ3) is 4.16. The number of carbonyl (C=O) groups excluding carboxylic acids is 1. The van der Waals surface area contributed by atoms with Gasteiger partial charge in [-0.2, -0.15) is 0 Å². The molecule has 1 aliphatic rings. The third-order valence-electron chi connectivity index (χ3n) is 4.71. The maximum Gasteiger partial charge on any atom is 0.405 e. The molecule has 3 nitrogen and oxygen atoms in total. The Labute approximate surface area is 146 Å². The van der Waals surface area contributed by atoms with Crippen molar-refractivity contribution in [1.29, 1.82) is 0 Å². The third-order valence-corrected chi connectivity index (χ3v) is 4.71. The average Bonchev–Trinajstić information content (AvgIpc) is 2.62. The Kier molecular flexibility index (Phi) is 6.51. The van der Waals surface area contributed by atoms with Crippen LogP contribution in [0.15, 0.2) is 61.0 Å². The number of rotatable bonds is 6. The van der Waals surface area contributed by atoms with E-state index in [4.69, 9.17) is 10.5 Å². The molecule has 0 saturated heterocycles. The summed E-state index contributed by atoms with van der Waals surface area (Å²) in [5, 5.41) is 0. The van der Waals surface area contributed by atoms with Crippen LogP contribution >= 0.6 is 0 Å². The lowest BCUT2D eigenvalue weighted by Crippen LogP contribution is -2.43. The fourth-order valence-corrected chi connectivity index (χ4v) is 3.69. The van der Waals surface area contributed by atoms with Crippen LogP contribution in [0.1, 0.15) is 37.7 Å². The van der Waals surface area contributed by atoms with Crippen molar-refractivity contribution in [2.45, 2.75) is 37.7 Å². The summed E-state index contributed by atoms with van der Waals surface area (Å²) in [6, 6.07) is 5.76. The summed E-state index contributed by atoms with van der Waals surface area (Å²) in [6.45, 7) is 3.79. The highest BCUT2D eigenvalue weighted by Gasteiger charge is 2.46. The number of ether oxygens (including phenoxy) is 1. The molecule has 1 atom stereocenters. The van der Waals surface area contributed by atoms with E-state index in [0.717, 1.165) is 32.1 Å². The zero-order valence-corrected chi connectivity index (χ0v) is 14.1. The zero-order chi connectivity index (χ0) is 18.3. The van der Waals surface area contributed by atoms with Crippen molar-refractivity contribution >= 4 is 6.09 Å². The smallest absolute Gasteiger partial charge is 0.405 e. The van der Waals surface area contributed by atoms with Gasteiger partial charge in [0.1, 0.15) is 5.82 Å². The van der Waals surface area contributed by atoms with Gasteiger partial charge in [0.25, 0.3) is 0 Å². The molecule has 0 radical (unpaired) electrons. The van der Waals surface area contributed by atoms with Crippen molar-refractivity contribution in [3.63, 3.8) is 0 Å². The van der Waals surface area contributed by atoms with E-state index >= 15 is 0 Å². The highest BCUT2D eigenvalue weighted by Crippen LogP contribution is 2.47. The first kappa shape index (κ1) is 18.9. The van der Waals surface area contributed by atoms with Crippen molar-refractivity contribution in [2.75, 3.05) is 0 Å². The molecule has 0 bridgehead atoms. The molecule has 1 aliphatic carbocycles. The van der Waals surface area contributed by atoms with Gasteiger partial charge in [-0.1, -0.05) is 50.1 Å². The van der Waals surface area contributed by atoms with E-state index in [0.29, 0.717) is 17.5 Å². The highest BCUT2D eigenvalue weighted by molar-refractivity contribution is 5.67. The normalized spacial score (nSPS) is 18.7. The van der Waals surface area contributed by atoms with Gasteiger partial charge < -0.3 is 10.5 Å². The summed E-state index contributed by atoms with van der Waals surface area (Å²) in [7, 11) is 0. The minimum absolute atomic E-state index is 0.0588. The van der Waals surface area contributed by atoms with E-state index in [2.05, 4.69) is 6.58 Å². The Balaban J connectivity index is 2.68. The predicted molar refractivity (Wildman–Crippen MR) is 93.8 cm³/mol. The summed E-state index contributed by atoms with van der Waals surface area (Å²) in [6.07, 6.45) is 8.40. The average molecular weight is 347 g/mol. The molecule has 25 heavy (non-hydrogen) atoms. The van der Waals surface area contributed by atoms with Crippen LogP contribution < -0.4 is 5.73 Å². The van der Waals surface area contributed by atoms with Crippen molar-refractivity contribution in [1.82, 2.24) is 0 Å². The van der Waals surface area contributed by atoms with Gasteiger partial charge >= 0.3 is 6.09 Å². The van der Waals surface area contributed by atoms with Crippen LogP contribution in [-0.2, 0) is 10.3 Å². The van der Waals surface area contributed by atoms with E-state index in [9.17, 15) is 13.6 Å². The molecule has 1 aromatic rings. The molecule has 134 valence electrons. The Morgan fingerprint density at radius 2 is 1.88 bits per heavy atom. The van der Waals surface area contributed by atoms with Gasteiger partial charge in [0.15, 0.2) is 5.60 Å². The van der Waals surface area contributed by atoms with Gasteiger partial charge in [0.05, 0.1) is 6.33 Å². The van der Waals surface area contributed by atoms with E-state index < -0.39 is 17.5 Å². The summed E-state index contributed by atoms with van der Waals surface area (Å²) in [5.74, 6) is -0.454. The molecular formula is C20H23F2NO2. The van der Waals surface area contributed by atoms with Crippen molar-refractivity contribution < 1.29 is 18.3 Å². The number of nitrogens with two attached hydrogens (primary N) is 1. The van der Waals surface area contributed by atoms with Crippen LogP contribution in [0.2, 0.25) is 0 Å². The van der Waals surface area contributed by atoms with E-state index in [1.165, 1.54) is 30.4 Å². The summed E-state index contributed by atoms with van der Waals surface area (Å²) in [5.41, 5.74) is 5.27. The van der Waals surface area contributed by atoms with Crippen LogP contribution in [0.5, 0.6) is 0 Å². The zero-order valence-electron chi connectivity index (χ0n) is 14.1. The Hall–Kier alpha value is -2.43. The van der Waals surface area contributed by atoms with Crippen LogP contribution in [0.4, 0.5) is 13.6 Å². The Morgan fingerprint density at radius 1 is 1.24 bits per heavy atom. The SMILES string of the molecule is C=C/C(=C\C=C\F)C(OC(N)=O)(c1ccc(F)cc1)C1CCCCC1. The second-order valence-corrected chi connectivity index (χ2v) is 6.14. The standard InChI is InChI=1S/C20H23F2NO2/c1-2-15(9-6-14-21)20(25-19(23)24,16-7-4-3-5-8-16)17-10-12-18(22)13-11-17/h2,6,9-14,16H,1,3-5,7-8H2,(H2,23,24)/b14-6+,15-9+. The molecule has 0 heterocycles. The number of halogens is 2. The number of hydrogen-bond donors (Lipinski definition) is 1. The van der Waals surface area contributed by atoms with Gasteiger partial charge in [0, 0.05) is 11.5 Å². The van der Waals surface area contributed by atoms with Gasteiger partial charge in [0.2, 0.25) is 0 Å². The maximum absolute atomic E-state index is 13.4. The molecule has 2 rings (SSSR count). The number of primary amides is 1. The maximum atomic E-state index is 13.4. The molecule has 5 heteroatoms. The van der Waals surface area contributed by atoms with E-state index in [-0.39, 0.29) is 5.92 Å². The minimum atomic E-state index is -1.22.